The molecule has 152 valence electrons. The third-order valence-corrected chi connectivity index (χ3v) is 4.83. The first-order chi connectivity index (χ1) is 14.0. The van der Waals surface area contributed by atoms with E-state index in [0.29, 0.717) is 42.5 Å². The monoisotopic (exact) mass is 399 g/mol. The van der Waals surface area contributed by atoms with Crippen molar-refractivity contribution in [3.63, 3.8) is 0 Å². The van der Waals surface area contributed by atoms with Gasteiger partial charge in [-0.25, -0.2) is 9.59 Å². The zero-order chi connectivity index (χ0) is 20.4. The molecule has 3 heterocycles. The van der Waals surface area contributed by atoms with E-state index < -0.39 is 17.6 Å². The van der Waals surface area contributed by atoms with Crippen LogP contribution in [0.3, 0.4) is 0 Å². The summed E-state index contributed by atoms with van der Waals surface area (Å²) in [4.78, 5) is 38.0. The number of nitrogens with zero attached hydrogens (tertiary/aromatic N) is 1. The number of carbonyl (C=O) groups excluding carboxylic acids is 2. The lowest BCUT2D eigenvalue weighted by molar-refractivity contribution is 0.0721. The molecule has 9 heteroatoms. The number of amides is 3. The van der Waals surface area contributed by atoms with E-state index in [4.69, 9.17) is 13.9 Å². The van der Waals surface area contributed by atoms with E-state index in [-0.39, 0.29) is 24.7 Å². The normalized spacial score (nSPS) is 17.8. The van der Waals surface area contributed by atoms with Crippen molar-refractivity contribution in [2.24, 2.45) is 0 Å². The Morgan fingerprint density at radius 2 is 2.07 bits per heavy atom. The quantitative estimate of drug-likeness (QED) is 0.782. The van der Waals surface area contributed by atoms with Crippen molar-refractivity contribution < 1.29 is 23.5 Å². The van der Waals surface area contributed by atoms with Crippen molar-refractivity contribution in [3.8, 4) is 11.5 Å². The van der Waals surface area contributed by atoms with E-state index in [1.165, 1.54) is 0 Å². The minimum Gasteiger partial charge on any atom is -0.485 e. The van der Waals surface area contributed by atoms with Gasteiger partial charge in [-0.15, -0.1) is 0 Å². The Hall–Kier alpha value is -3.49. The van der Waals surface area contributed by atoms with E-state index in [9.17, 15) is 14.4 Å². The van der Waals surface area contributed by atoms with Gasteiger partial charge in [-0.05, 0) is 30.7 Å². The SMILES string of the molecule is Cc1cc(C2COc3ccccc3O2)oc(=O)c1C(=O)NCCN1CCNC1=O. The summed E-state index contributed by atoms with van der Waals surface area (Å²) in [5.41, 5.74) is -0.314. The lowest BCUT2D eigenvalue weighted by atomic mass is 10.1. The molecule has 2 aromatic rings. The summed E-state index contributed by atoms with van der Waals surface area (Å²) >= 11 is 0. The van der Waals surface area contributed by atoms with Crippen molar-refractivity contribution in [2.45, 2.75) is 13.0 Å². The number of nitrogens with one attached hydrogen (secondary N) is 2. The number of hydrogen-bond acceptors (Lipinski definition) is 6. The van der Waals surface area contributed by atoms with Gasteiger partial charge in [-0.2, -0.15) is 0 Å². The van der Waals surface area contributed by atoms with Crippen LogP contribution in [0.25, 0.3) is 0 Å². The topological polar surface area (TPSA) is 110 Å². The number of para-hydroxylation sites is 2. The highest BCUT2D eigenvalue weighted by Crippen LogP contribution is 2.35. The molecule has 0 aliphatic carbocycles. The van der Waals surface area contributed by atoms with Crippen LogP contribution in [0.1, 0.15) is 27.8 Å². The molecule has 4 rings (SSSR count). The molecule has 9 nitrogen and oxygen atoms in total. The summed E-state index contributed by atoms with van der Waals surface area (Å²) in [6.45, 7) is 3.66. The number of fused-ring (bicyclic) bond motifs is 1. The Bertz CT molecular complexity index is 1000. The third kappa shape index (κ3) is 3.89. The molecule has 1 atom stereocenters. The fourth-order valence-electron chi connectivity index (χ4n) is 3.34. The number of rotatable bonds is 5. The van der Waals surface area contributed by atoms with Gasteiger partial charge in [0.15, 0.2) is 23.4 Å². The molecule has 2 aliphatic heterocycles. The second-order valence-electron chi connectivity index (χ2n) is 6.83. The standard InChI is InChI=1S/C20H21N3O6/c1-12-10-15(16-11-27-13-4-2-3-5-14(13)28-16)29-19(25)17(12)18(24)21-6-8-23-9-7-22-20(23)26/h2-5,10,16H,6-9,11H2,1H3,(H,21,24)(H,22,26). The smallest absolute Gasteiger partial charge is 0.349 e. The van der Waals surface area contributed by atoms with Crippen molar-refractivity contribution in [1.29, 1.82) is 0 Å². The summed E-state index contributed by atoms with van der Waals surface area (Å²) in [7, 11) is 0. The van der Waals surface area contributed by atoms with Crippen LogP contribution in [0.15, 0.2) is 39.5 Å². The number of benzene rings is 1. The van der Waals surface area contributed by atoms with Crippen LogP contribution < -0.4 is 25.7 Å². The lowest BCUT2D eigenvalue weighted by Gasteiger charge is -2.25. The molecule has 1 aromatic carbocycles. The van der Waals surface area contributed by atoms with Gasteiger partial charge in [0.25, 0.3) is 5.91 Å². The maximum atomic E-state index is 12.5. The first kappa shape index (κ1) is 18.9. The summed E-state index contributed by atoms with van der Waals surface area (Å²) in [5, 5.41) is 5.35. The Kier molecular flexibility index (Phi) is 5.11. The van der Waals surface area contributed by atoms with Crippen LogP contribution in [0.4, 0.5) is 4.79 Å². The Morgan fingerprint density at radius 1 is 1.28 bits per heavy atom. The number of carbonyl (C=O) groups is 2. The molecular weight excluding hydrogens is 378 g/mol. The third-order valence-electron chi connectivity index (χ3n) is 4.83. The average molecular weight is 399 g/mol. The Morgan fingerprint density at radius 3 is 2.79 bits per heavy atom. The van der Waals surface area contributed by atoms with E-state index >= 15 is 0 Å². The van der Waals surface area contributed by atoms with Crippen molar-refractivity contribution in [1.82, 2.24) is 15.5 Å². The number of ether oxygens (including phenoxy) is 2. The molecule has 0 radical (unpaired) electrons. The number of hydrogen-bond donors (Lipinski definition) is 2. The van der Waals surface area contributed by atoms with Crippen LogP contribution in [0.5, 0.6) is 11.5 Å². The zero-order valence-electron chi connectivity index (χ0n) is 15.9. The highest BCUT2D eigenvalue weighted by atomic mass is 16.6. The summed E-state index contributed by atoms with van der Waals surface area (Å²) in [6, 6.07) is 8.70. The van der Waals surface area contributed by atoms with Crippen molar-refractivity contribution in [2.75, 3.05) is 32.8 Å². The first-order valence-electron chi connectivity index (χ1n) is 9.37. The predicted molar refractivity (Wildman–Crippen MR) is 102 cm³/mol. The van der Waals surface area contributed by atoms with E-state index in [0.717, 1.165) is 0 Å². The zero-order valence-corrected chi connectivity index (χ0v) is 15.9. The second kappa shape index (κ2) is 7.86. The molecule has 2 N–H and O–H groups in total. The summed E-state index contributed by atoms with van der Waals surface area (Å²) in [6.07, 6.45) is -0.581. The maximum Gasteiger partial charge on any atom is 0.349 e. The minimum absolute atomic E-state index is 0.0586. The van der Waals surface area contributed by atoms with Crippen LogP contribution >= 0.6 is 0 Å². The van der Waals surface area contributed by atoms with Crippen LogP contribution in [-0.4, -0.2) is 49.6 Å². The van der Waals surface area contributed by atoms with Gasteiger partial charge in [-0.1, -0.05) is 12.1 Å². The highest BCUT2D eigenvalue weighted by molar-refractivity contribution is 5.95. The van der Waals surface area contributed by atoms with E-state index in [1.807, 2.05) is 12.1 Å². The van der Waals surface area contributed by atoms with Gasteiger partial charge in [0.2, 0.25) is 0 Å². The van der Waals surface area contributed by atoms with Gasteiger partial charge in [0.1, 0.15) is 12.2 Å². The molecule has 0 saturated carbocycles. The number of aryl methyl sites for hydroxylation is 1. The molecule has 1 fully saturated rings. The highest BCUT2D eigenvalue weighted by Gasteiger charge is 2.27. The molecule has 2 aliphatic rings. The van der Waals surface area contributed by atoms with E-state index in [2.05, 4.69) is 10.6 Å². The van der Waals surface area contributed by atoms with Crippen LogP contribution in [0, 0.1) is 6.92 Å². The molecule has 1 saturated heterocycles. The minimum atomic E-state index is -0.737. The van der Waals surface area contributed by atoms with Crippen molar-refractivity contribution in [3.05, 3.63) is 57.6 Å². The van der Waals surface area contributed by atoms with Gasteiger partial charge in [0.05, 0.1) is 0 Å². The van der Waals surface area contributed by atoms with Gasteiger partial charge >= 0.3 is 11.7 Å². The molecule has 1 unspecified atom stereocenters. The Labute approximate surface area is 166 Å². The van der Waals surface area contributed by atoms with Crippen LogP contribution in [0.2, 0.25) is 0 Å². The van der Waals surface area contributed by atoms with Gasteiger partial charge in [0, 0.05) is 26.2 Å². The fourth-order valence-corrected chi connectivity index (χ4v) is 3.34. The maximum absolute atomic E-state index is 12.5. The van der Waals surface area contributed by atoms with Gasteiger partial charge < -0.3 is 29.4 Å². The molecule has 0 spiro atoms. The molecule has 29 heavy (non-hydrogen) atoms. The van der Waals surface area contributed by atoms with E-state index in [1.54, 1.807) is 30.0 Å². The lowest BCUT2D eigenvalue weighted by Crippen LogP contribution is -2.38. The fraction of sp³-hybridized carbons (Fsp3) is 0.350. The first-order valence-corrected chi connectivity index (χ1v) is 9.37. The summed E-state index contributed by atoms with van der Waals surface area (Å²) in [5.74, 6) is 0.961. The summed E-state index contributed by atoms with van der Waals surface area (Å²) < 4.78 is 16.9. The second-order valence-corrected chi connectivity index (χ2v) is 6.83. The van der Waals surface area contributed by atoms with Gasteiger partial charge in [-0.3, -0.25) is 4.79 Å². The largest absolute Gasteiger partial charge is 0.485 e. The Balaban J connectivity index is 1.44. The predicted octanol–water partition coefficient (Wildman–Crippen LogP) is 1.22. The molecule has 1 aromatic heterocycles. The molecule has 0 bridgehead atoms. The van der Waals surface area contributed by atoms with Crippen molar-refractivity contribution >= 4 is 11.9 Å². The molecule has 3 amide bonds. The average Bonchev–Trinajstić information content (AvgIpc) is 3.12. The number of urea groups is 1. The molecular formula is C20H21N3O6. The van der Waals surface area contributed by atoms with Crippen LogP contribution in [-0.2, 0) is 0 Å².